The number of methoxy groups -OCH3 is 1. The molecule has 3 rings (SSSR count). The summed E-state index contributed by atoms with van der Waals surface area (Å²) in [6, 6.07) is 0.553. The molecule has 0 aliphatic carbocycles. The quantitative estimate of drug-likeness (QED) is 0.365. The fraction of sp³-hybridized carbons (Fsp3) is 0.778. The van der Waals surface area contributed by atoms with Crippen molar-refractivity contribution in [3.8, 4) is 0 Å². The molecule has 0 aromatic carbocycles. The SMILES string of the molecule is CN=C(NCC1CCCN1CCOC)N1CCOC(c2cnn(C)c2)C1.I. The monoisotopic (exact) mass is 492 g/mol. The first-order valence-corrected chi connectivity index (χ1v) is 9.50. The standard InChI is InChI=1S/C18H32N6O2.HI/c1-19-18(20-12-16-5-4-6-23(16)7-9-25-3)24-8-10-26-17(14-24)15-11-21-22(2)13-15;/h11,13,16-17H,4-10,12,14H2,1-3H3,(H,19,20);1H. The summed E-state index contributed by atoms with van der Waals surface area (Å²) in [7, 11) is 5.55. The molecule has 0 radical (unpaired) electrons. The second kappa shape index (κ2) is 11.2. The van der Waals surface area contributed by atoms with E-state index in [4.69, 9.17) is 9.47 Å². The number of halogens is 1. The van der Waals surface area contributed by atoms with Crippen molar-refractivity contribution < 1.29 is 9.47 Å². The summed E-state index contributed by atoms with van der Waals surface area (Å²) in [5.74, 6) is 0.959. The summed E-state index contributed by atoms with van der Waals surface area (Å²) in [5, 5.41) is 7.84. The van der Waals surface area contributed by atoms with E-state index in [0.29, 0.717) is 12.6 Å². The third-order valence-corrected chi connectivity index (χ3v) is 5.25. The van der Waals surface area contributed by atoms with Gasteiger partial charge in [-0.2, -0.15) is 5.10 Å². The zero-order valence-electron chi connectivity index (χ0n) is 16.6. The van der Waals surface area contributed by atoms with Crippen LogP contribution < -0.4 is 5.32 Å². The lowest BCUT2D eigenvalue weighted by Crippen LogP contribution is -2.51. The minimum absolute atomic E-state index is 0. The van der Waals surface area contributed by atoms with Crippen LogP contribution in [0.2, 0.25) is 0 Å². The van der Waals surface area contributed by atoms with Gasteiger partial charge in [-0.15, -0.1) is 24.0 Å². The van der Waals surface area contributed by atoms with E-state index in [2.05, 4.69) is 25.2 Å². The number of nitrogens with zero attached hydrogens (tertiary/aromatic N) is 5. The highest BCUT2D eigenvalue weighted by Gasteiger charge is 2.27. The predicted molar refractivity (Wildman–Crippen MR) is 117 cm³/mol. The van der Waals surface area contributed by atoms with Crippen LogP contribution >= 0.6 is 24.0 Å². The molecule has 0 amide bonds. The molecule has 2 aliphatic rings. The number of guanidine groups is 1. The number of hydrogen-bond donors (Lipinski definition) is 1. The highest BCUT2D eigenvalue weighted by Crippen LogP contribution is 2.22. The molecule has 2 aliphatic heterocycles. The van der Waals surface area contributed by atoms with Crippen LogP contribution in [0.5, 0.6) is 0 Å². The van der Waals surface area contributed by atoms with E-state index in [1.807, 2.05) is 31.2 Å². The molecule has 2 atom stereocenters. The Morgan fingerprint density at radius 1 is 1.44 bits per heavy atom. The largest absolute Gasteiger partial charge is 0.383 e. The minimum Gasteiger partial charge on any atom is -0.383 e. The van der Waals surface area contributed by atoms with Crippen molar-refractivity contribution in [2.45, 2.75) is 25.0 Å². The van der Waals surface area contributed by atoms with Crippen LogP contribution in [0.15, 0.2) is 17.4 Å². The first kappa shape index (κ1) is 22.4. The second-order valence-electron chi connectivity index (χ2n) is 7.01. The Kier molecular flexibility index (Phi) is 9.27. The van der Waals surface area contributed by atoms with E-state index in [9.17, 15) is 0 Å². The van der Waals surface area contributed by atoms with Gasteiger partial charge >= 0.3 is 0 Å². The zero-order chi connectivity index (χ0) is 18.4. The van der Waals surface area contributed by atoms with E-state index >= 15 is 0 Å². The number of likely N-dealkylation sites (tertiary alicyclic amines) is 1. The van der Waals surface area contributed by atoms with Gasteiger partial charge in [0.15, 0.2) is 5.96 Å². The number of ether oxygens (including phenoxy) is 2. The lowest BCUT2D eigenvalue weighted by molar-refractivity contribution is -0.00812. The van der Waals surface area contributed by atoms with Crippen molar-refractivity contribution in [3.63, 3.8) is 0 Å². The van der Waals surface area contributed by atoms with Crippen LogP contribution in [0.4, 0.5) is 0 Å². The highest BCUT2D eigenvalue weighted by atomic mass is 127. The summed E-state index contributed by atoms with van der Waals surface area (Å²) >= 11 is 0. The molecule has 1 N–H and O–H groups in total. The molecule has 1 aromatic rings. The third kappa shape index (κ3) is 6.03. The van der Waals surface area contributed by atoms with Gasteiger partial charge in [0.25, 0.3) is 0 Å². The van der Waals surface area contributed by atoms with Gasteiger partial charge in [0, 0.05) is 58.6 Å². The van der Waals surface area contributed by atoms with Crippen molar-refractivity contribution in [3.05, 3.63) is 18.0 Å². The third-order valence-electron chi connectivity index (χ3n) is 5.25. The molecule has 2 fully saturated rings. The summed E-state index contributed by atoms with van der Waals surface area (Å²) in [4.78, 5) is 9.31. The highest BCUT2D eigenvalue weighted by molar-refractivity contribution is 14.0. The Labute approximate surface area is 179 Å². The van der Waals surface area contributed by atoms with Crippen molar-refractivity contribution >= 4 is 29.9 Å². The molecule has 154 valence electrons. The van der Waals surface area contributed by atoms with E-state index in [-0.39, 0.29) is 30.1 Å². The Hall–Kier alpha value is -0.910. The number of rotatable bonds is 6. The summed E-state index contributed by atoms with van der Waals surface area (Å²) < 4.78 is 13.0. The van der Waals surface area contributed by atoms with Crippen LogP contribution in [0.1, 0.15) is 24.5 Å². The molecule has 0 spiro atoms. The molecule has 3 heterocycles. The molecule has 0 bridgehead atoms. The fourth-order valence-corrected chi connectivity index (χ4v) is 3.82. The van der Waals surface area contributed by atoms with Crippen LogP contribution in [-0.4, -0.2) is 91.7 Å². The zero-order valence-corrected chi connectivity index (χ0v) is 19.0. The normalized spacial score (nSPS) is 24.1. The molecular weight excluding hydrogens is 459 g/mol. The van der Waals surface area contributed by atoms with Gasteiger partial charge in [0.05, 0.1) is 26.0 Å². The van der Waals surface area contributed by atoms with Crippen molar-refractivity contribution in [2.24, 2.45) is 12.0 Å². The van der Waals surface area contributed by atoms with E-state index in [1.54, 1.807) is 7.11 Å². The number of hydrogen-bond acceptors (Lipinski definition) is 5. The van der Waals surface area contributed by atoms with E-state index in [0.717, 1.165) is 50.9 Å². The summed E-state index contributed by atoms with van der Waals surface area (Å²) in [5.41, 5.74) is 1.12. The molecular formula is C18H33IN6O2. The first-order valence-electron chi connectivity index (χ1n) is 9.50. The fourth-order valence-electron chi connectivity index (χ4n) is 3.82. The molecule has 2 saturated heterocycles. The lowest BCUT2D eigenvalue weighted by atomic mass is 10.1. The average Bonchev–Trinajstić information content (AvgIpc) is 3.29. The molecule has 0 saturated carbocycles. The average molecular weight is 492 g/mol. The van der Waals surface area contributed by atoms with Crippen molar-refractivity contribution in [1.82, 2.24) is 24.9 Å². The number of aromatic nitrogens is 2. The van der Waals surface area contributed by atoms with Crippen LogP contribution in [0.3, 0.4) is 0 Å². The molecule has 9 heteroatoms. The number of aliphatic imine (C=N–C) groups is 1. The maximum Gasteiger partial charge on any atom is 0.193 e. The van der Waals surface area contributed by atoms with Gasteiger partial charge in [-0.25, -0.2) is 0 Å². The second-order valence-corrected chi connectivity index (χ2v) is 7.01. The van der Waals surface area contributed by atoms with Gasteiger partial charge in [0.1, 0.15) is 6.10 Å². The van der Waals surface area contributed by atoms with Crippen molar-refractivity contribution in [2.75, 3.05) is 60.1 Å². The lowest BCUT2D eigenvalue weighted by Gasteiger charge is -2.35. The van der Waals surface area contributed by atoms with E-state index in [1.165, 1.54) is 12.8 Å². The Balaban J connectivity index is 0.00000261. The minimum atomic E-state index is 0. The van der Waals surface area contributed by atoms with Gasteiger partial charge in [0.2, 0.25) is 0 Å². The van der Waals surface area contributed by atoms with Gasteiger partial charge < -0.3 is 19.7 Å². The maximum absolute atomic E-state index is 5.94. The molecule has 27 heavy (non-hydrogen) atoms. The Morgan fingerprint density at radius 3 is 3.00 bits per heavy atom. The van der Waals surface area contributed by atoms with Crippen LogP contribution in [0.25, 0.3) is 0 Å². The first-order chi connectivity index (χ1) is 12.7. The maximum atomic E-state index is 5.94. The van der Waals surface area contributed by atoms with Gasteiger partial charge in [-0.05, 0) is 19.4 Å². The van der Waals surface area contributed by atoms with Gasteiger partial charge in [-0.1, -0.05) is 0 Å². The summed E-state index contributed by atoms with van der Waals surface area (Å²) in [6.07, 6.45) is 6.44. The number of aryl methyl sites for hydroxylation is 1. The molecule has 1 aromatic heterocycles. The van der Waals surface area contributed by atoms with Crippen molar-refractivity contribution in [1.29, 1.82) is 0 Å². The van der Waals surface area contributed by atoms with Gasteiger partial charge in [-0.3, -0.25) is 14.6 Å². The number of nitrogens with one attached hydrogen (secondary N) is 1. The predicted octanol–water partition coefficient (Wildman–Crippen LogP) is 1.10. The smallest absolute Gasteiger partial charge is 0.193 e. The number of morpholine rings is 1. The molecule has 2 unspecified atom stereocenters. The topological polar surface area (TPSA) is 67.2 Å². The van der Waals surface area contributed by atoms with E-state index < -0.39 is 0 Å². The van der Waals surface area contributed by atoms with Crippen LogP contribution in [0, 0.1) is 0 Å². The Morgan fingerprint density at radius 2 is 2.30 bits per heavy atom. The summed E-state index contributed by atoms with van der Waals surface area (Å²) in [6.45, 7) is 6.23. The van der Waals surface area contributed by atoms with Crippen LogP contribution in [-0.2, 0) is 16.5 Å². The molecule has 8 nitrogen and oxygen atoms in total. The Bertz CT molecular complexity index is 596.